The molecule has 2 atom stereocenters. The second kappa shape index (κ2) is 6.52. The standard InChI is InChI=1S/C14H19NO3/c16-14(17)13-7-6-12(8-15-13)10-18-9-11-4-2-1-3-5-11/h1-5,12-13,15H,6-10H2,(H,16,17)/t12-,13+/m1/s1. The maximum absolute atomic E-state index is 10.8. The van der Waals surface area contributed by atoms with Gasteiger partial charge in [-0.05, 0) is 24.3 Å². The fourth-order valence-electron chi connectivity index (χ4n) is 2.19. The lowest BCUT2D eigenvalue weighted by Gasteiger charge is -2.27. The number of ether oxygens (including phenoxy) is 1. The van der Waals surface area contributed by atoms with Crippen molar-refractivity contribution >= 4 is 5.97 Å². The quantitative estimate of drug-likeness (QED) is 0.833. The second-order valence-corrected chi connectivity index (χ2v) is 4.74. The number of carbonyl (C=O) groups is 1. The molecule has 1 aliphatic heterocycles. The smallest absolute Gasteiger partial charge is 0.320 e. The first-order valence-electron chi connectivity index (χ1n) is 6.33. The summed E-state index contributed by atoms with van der Waals surface area (Å²) in [4.78, 5) is 10.8. The highest BCUT2D eigenvalue weighted by atomic mass is 16.5. The zero-order valence-corrected chi connectivity index (χ0v) is 10.3. The first-order valence-corrected chi connectivity index (χ1v) is 6.33. The van der Waals surface area contributed by atoms with Gasteiger partial charge >= 0.3 is 5.97 Å². The molecule has 0 unspecified atom stereocenters. The molecule has 0 aliphatic carbocycles. The molecule has 0 bridgehead atoms. The Kier molecular flexibility index (Phi) is 4.73. The average Bonchev–Trinajstić information content (AvgIpc) is 2.40. The van der Waals surface area contributed by atoms with Gasteiger partial charge in [0.2, 0.25) is 0 Å². The van der Waals surface area contributed by atoms with E-state index in [1.807, 2.05) is 30.3 Å². The number of carboxylic acid groups (broad SMARTS) is 1. The molecule has 18 heavy (non-hydrogen) atoms. The number of hydrogen-bond acceptors (Lipinski definition) is 3. The monoisotopic (exact) mass is 249 g/mol. The molecule has 4 heteroatoms. The van der Waals surface area contributed by atoms with Crippen LogP contribution in [0.2, 0.25) is 0 Å². The molecule has 1 heterocycles. The lowest BCUT2D eigenvalue weighted by atomic mass is 9.95. The van der Waals surface area contributed by atoms with E-state index in [0.29, 0.717) is 25.6 Å². The lowest BCUT2D eigenvalue weighted by Crippen LogP contribution is -2.44. The Hall–Kier alpha value is -1.39. The Morgan fingerprint density at radius 3 is 2.72 bits per heavy atom. The molecule has 98 valence electrons. The van der Waals surface area contributed by atoms with Crippen LogP contribution in [-0.2, 0) is 16.1 Å². The summed E-state index contributed by atoms with van der Waals surface area (Å²) >= 11 is 0. The molecule has 1 aromatic carbocycles. The molecule has 0 spiro atoms. The third-order valence-electron chi connectivity index (χ3n) is 3.28. The van der Waals surface area contributed by atoms with Gasteiger partial charge in [0, 0.05) is 6.54 Å². The van der Waals surface area contributed by atoms with Crippen molar-refractivity contribution in [1.82, 2.24) is 5.32 Å². The average molecular weight is 249 g/mol. The SMILES string of the molecule is O=C(O)[C@@H]1CC[C@@H](COCc2ccccc2)CN1. The lowest BCUT2D eigenvalue weighted by molar-refractivity contribution is -0.140. The summed E-state index contributed by atoms with van der Waals surface area (Å²) in [5.41, 5.74) is 1.17. The van der Waals surface area contributed by atoms with Gasteiger partial charge in [-0.15, -0.1) is 0 Å². The Bertz CT molecular complexity index is 372. The third kappa shape index (κ3) is 3.82. The van der Waals surface area contributed by atoms with E-state index in [4.69, 9.17) is 9.84 Å². The van der Waals surface area contributed by atoms with Crippen LogP contribution < -0.4 is 5.32 Å². The highest BCUT2D eigenvalue weighted by Crippen LogP contribution is 2.15. The van der Waals surface area contributed by atoms with E-state index in [1.165, 1.54) is 5.56 Å². The molecule has 0 saturated carbocycles. The van der Waals surface area contributed by atoms with Gasteiger partial charge in [-0.3, -0.25) is 4.79 Å². The van der Waals surface area contributed by atoms with Crippen molar-refractivity contribution in [3.8, 4) is 0 Å². The molecule has 1 aromatic rings. The zero-order chi connectivity index (χ0) is 12.8. The van der Waals surface area contributed by atoms with E-state index in [-0.39, 0.29) is 6.04 Å². The van der Waals surface area contributed by atoms with Gasteiger partial charge in [-0.25, -0.2) is 0 Å². The minimum Gasteiger partial charge on any atom is -0.480 e. The first kappa shape index (κ1) is 13.1. The van der Waals surface area contributed by atoms with Crippen molar-refractivity contribution in [3.63, 3.8) is 0 Å². The van der Waals surface area contributed by atoms with Gasteiger partial charge in [0.25, 0.3) is 0 Å². The largest absolute Gasteiger partial charge is 0.480 e. The molecule has 4 nitrogen and oxygen atoms in total. The van der Waals surface area contributed by atoms with Crippen molar-refractivity contribution in [1.29, 1.82) is 0 Å². The molecule has 1 fully saturated rings. The van der Waals surface area contributed by atoms with Gasteiger partial charge in [-0.1, -0.05) is 30.3 Å². The van der Waals surface area contributed by atoms with Crippen LogP contribution in [0.4, 0.5) is 0 Å². The van der Waals surface area contributed by atoms with Crippen LogP contribution in [0.15, 0.2) is 30.3 Å². The highest BCUT2D eigenvalue weighted by molar-refractivity contribution is 5.73. The number of carboxylic acids is 1. The summed E-state index contributed by atoms with van der Waals surface area (Å²) in [5, 5.41) is 11.9. The van der Waals surface area contributed by atoms with E-state index in [1.54, 1.807) is 0 Å². The maximum Gasteiger partial charge on any atom is 0.320 e. The maximum atomic E-state index is 10.8. The Morgan fingerprint density at radius 1 is 1.33 bits per heavy atom. The molecule has 0 radical (unpaired) electrons. The fourth-order valence-corrected chi connectivity index (χ4v) is 2.19. The predicted molar refractivity (Wildman–Crippen MR) is 68.2 cm³/mol. The van der Waals surface area contributed by atoms with Gasteiger partial charge in [0.05, 0.1) is 13.2 Å². The van der Waals surface area contributed by atoms with E-state index in [0.717, 1.165) is 13.0 Å². The number of nitrogens with one attached hydrogen (secondary N) is 1. The van der Waals surface area contributed by atoms with Crippen LogP contribution in [0.3, 0.4) is 0 Å². The van der Waals surface area contributed by atoms with Crippen molar-refractivity contribution in [2.75, 3.05) is 13.2 Å². The van der Waals surface area contributed by atoms with E-state index in [9.17, 15) is 4.79 Å². The van der Waals surface area contributed by atoms with Crippen LogP contribution in [-0.4, -0.2) is 30.3 Å². The minimum absolute atomic E-state index is 0.379. The summed E-state index contributed by atoms with van der Waals surface area (Å²) in [5.74, 6) is -0.331. The van der Waals surface area contributed by atoms with Crippen molar-refractivity contribution in [2.45, 2.75) is 25.5 Å². The van der Waals surface area contributed by atoms with E-state index in [2.05, 4.69) is 5.32 Å². The summed E-state index contributed by atoms with van der Waals surface area (Å²) in [6.45, 7) is 2.04. The van der Waals surface area contributed by atoms with Gasteiger partial charge in [0.15, 0.2) is 0 Å². The molecule has 1 aliphatic rings. The number of piperidine rings is 1. The van der Waals surface area contributed by atoms with E-state index >= 15 is 0 Å². The Labute approximate surface area is 107 Å². The van der Waals surface area contributed by atoms with Crippen LogP contribution in [0, 0.1) is 5.92 Å². The van der Waals surface area contributed by atoms with Crippen LogP contribution in [0.5, 0.6) is 0 Å². The Balaban J connectivity index is 1.65. The van der Waals surface area contributed by atoms with Gasteiger partial charge < -0.3 is 15.2 Å². The van der Waals surface area contributed by atoms with Gasteiger partial charge in [-0.2, -0.15) is 0 Å². The zero-order valence-electron chi connectivity index (χ0n) is 10.3. The molecule has 0 aromatic heterocycles. The number of hydrogen-bond donors (Lipinski definition) is 2. The van der Waals surface area contributed by atoms with Crippen molar-refractivity contribution < 1.29 is 14.6 Å². The molecule has 2 N–H and O–H groups in total. The van der Waals surface area contributed by atoms with Crippen molar-refractivity contribution in [2.24, 2.45) is 5.92 Å². The van der Waals surface area contributed by atoms with Crippen LogP contribution in [0.1, 0.15) is 18.4 Å². The summed E-state index contributed by atoms with van der Waals surface area (Å²) < 4.78 is 5.67. The molecular formula is C14H19NO3. The number of aliphatic carboxylic acids is 1. The van der Waals surface area contributed by atoms with E-state index < -0.39 is 5.97 Å². The normalized spacial score (nSPS) is 23.8. The Morgan fingerprint density at radius 2 is 2.11 bits per heavy atom. The van der Waals surface area contributed by atoms with Crippen LogP contribution >= 0.6 is 0 Å². The number of rotatable bonds is 5. The highest BCUT2D eigenvalue weighted by Gasteiger charge is 2.25. The predicted octanol–water partition coefficient (Wildman–Crippen LogP) is 1.66. The topological polar surface area (TPSA) is 58.6 Å². The fraction of sp³-hybridized carbons (Fsp3) is 0.500. The first-order chi connectivity index (χ1) is 8.75. The molecule has 1 saturated heterocycles. The second-order valence-electron chi connectivity index (χ2n) is 4.74. The summed E-state index contributed by atoms with van der Waals surface area (Å²) in [7, 11) is 0. The van der Waals surface area contributed by atoms with Crippen LogP contribution in [0.25, 0.3) is 0 Å². The van der Waals surface area contributed by atoms with Crippen molar-refractivity contribution in [3.05, 3.63) is 35.9 Å². The van der Waals surface area contributed by atoms with Gasteiger partial charge in [0.1, 0.15) is 6.04 Å². The molecule has 0 amide bonds. The molecule has 2 rings (SSSR count). The summed E-state index contributed by atoms with van der Waals surface area (Å²) in [6.07, 6.45) is 1.60. The molecular weight excluding hydrogens is 230 g/mol. The third-order valence-corrected chi connectivity index (χ3v) is 3.28. The summed E-state index contributed by atoms with van der Waals surface area (Å²) in [6, 6.07) is 9.69. The number of benzene rings is 1. The minimum atomic E-state index is -0.751.